The number of nitrogens with two attached hydrogens (primary N) is 1. The van der Waals surface area contributed by atoms with Crippen molar-refractivity contribution in [3.8, 4) is 0 Å². The lowest BCUT2D eigenvalue weighted by Gasteiger charge is -2.44. The summed E-state index contributed by atoms with van der Waals surface area (Å²) < 4.78 is 0. The highest BCUT2D eigenvalue weighted by Gasteiger charge is 2.33. The Morgan fingerprint density at radius 1 is 1.15 bits per heavy atom. The van der Waals surface area contributed by atoms with Crippen LogP contribution in [-0.4, -0.2) is 23.4 Å². The number of likely N-dealkylation sites (tertiary alicyclic amines) is 1. The van der Waals surface area contributed by atoms with E-state index in [1.807, 2.05) is 0 Å². The van der Waals surface area contributed by atoms with E-state index in [-0.39, 0.29) is 5.96 Å². The Morgan fingerprint density at radius 2 is 1.85 bits per heavy atom. The van der Waals surface area contributed by atoms with E-state index >= 15 is 0 Å². The molecule has 1 saturated carbocycles. The first-order chi connectivity index (χ1) is 6.29. The largest absolute Gasteiger partial charge is 0.370 e. The second-order valence-electron chi connectivity index (χ2n) is 4.33. The van der Waals surface area contributed by atoms with Crippen LogP contribution in [0.25, 0.3) is 0 Å². The molecular formula is C10H19N3. The standard InChI is InChI=1S/C10H19N3/c11-10(12)13-7-3-5-8-4-1-2-6-9(8)13/h8-9H,1-7H2,(H3,11,12). The van der Waals surface area contributed by atoms with Gasteiger partial charge in [0.2, 0.25) is 0 Å². The van der Waals surface area contributed by atoms with Crippen LogP contribution in [-0.2, 0) is 0 Å². The van der Waals surface area contributed by atoms with Crippen LogP contribution in [0, 0.1) is 11.3 Å². The number of hydrogen-bond acceptors (Lipinski definition) is 1. The van der Waals surface area contributed by atoms with Crippen LogP contribution in [0.2, 0.25) is 0 Å². The monoisotopic (exact) mass is 181 g/mol. The van der Waals surface area contributed by atoms with Crippen molar-refractivity contribution in [2.75, 3.05) is 6.54 Å². The van der Waals surface area contributed by atoms with Crippen molar-refractivity contribution in [3.05, 3.63) is 0 Å². The predicted octanol–water partition coefficient (Wildman–Crippen LogP) is 1.53. The van der Waals surface area contributed by atoms with Crippen LogP contribution < -0.4 is 5.73 Å². The van der Waals surface area contributed by atoms with Crippen LogP contribution in [0.3, 0.4) is 0 Å². The van der Waals surface area contributed by atoms with E-state index in [0.29, 0.717) is 6.04 Å². The molecule has 2 fully saturated rings. The summed E-state index contributed by atoms with van der Waals surface area (Å²) in [6, 6.07) is 0.597. The average molecular weight is 181 g/mol. The van der Waals surface area contributed by atoms with Gasteiger partial charge in [-0.05, 0) is 31.6 Å². The summed E-state index contributed by atoms with van der Waals surface area (Å²) in [6.07, 6.45) is 7.89. The quantitative estimate of drug-likeness (QED) is 0.440. The molecule has 0 spiro atoms. The molecule has 0 radical (unpaired) electrons. The molecule has 0 bridgehead atoms. The average Bonchev–Trinajstić information content (AvgIpc) is 2.17. The molecule has 3 heteroatoms. The predicted molar refractivity (Wildman–Crippen MR) is 53.6 cm³/mol. The fourth-order valence-corrected chi connectivity index (χ4v) is 2.92. The van der Waals surface area contributed by atoms with Gasteiger partial charge in [0.15, 0.2) is 5.96 Å². The summed E-state index contributed by atoms with van der Waals surface area (Å²) in [5, 5.41) is 7.52. The van der Waals surface area contributed by atoms with Gasteiger partial charge in [0, 0.05) is 12.6 Å². The Hall–Kier alpha value is -0.730. The first-order valence-electron chi connectivity index (χ1n) is 5.39. The van der Waals surface area contributed by atoms with Crippen molar-refractivity contribution in [1.82, 2.24) is 4.90 Å². The summed E-state index contributed by atoms with van der Waals surface area (Å²) in [7, 11) is 0. The smallest absolute Gasteiger partial charge is 0.188 e. The zero-order chi connectivity index (χ0) is 9.26. The van der Waals surface area contributed by atoms with Crippen molar-refractivity contribution in [2.24, 2.45) is 11.7 Å². The number of rotatable bonds is 0. The van der Waals surface area contributed by atoms with E-state index in [9.17, 15) is 0 Å². The summed E-state index contributed by atoms with van der Waals surface area (Å²) in [4.78, 5) is 2.12. The second-order valence-corrected chi connectivity index (χ2v) is 4.33. The Bertz CT molecular complexity index is 200. The van der Waals surface area contributed by atoms with Gasteiger partial charge in [-0.25, -0.2) is 0 Å². The maximum Gasteiger partial charge on any atom is 0.188 e. The van der Waals surface area contributed by atoms with E-state index in [0.717, 1.165) is 12.5 Å². The van der Waals surface area contributed by atoms with Gasteiger partial charge in [0.25, 0.3) is 0 Å². The molecule has 74 valence electrons. The molecule has 2 unspecified atom stereocenters. The highest BCUT2D eigenvalue weighted by Crippen LogP contribution is 2.34. The van der Waals surface area contributed by atoms with Gasteiger partial charge in [-0.1, -0.05) is 12.8 Å². The van der Waals surface area contributed by atoms with Crippen LogP contribution >= 0.6 is 0 Å². The van der Waals surface area contributed by atoms with Crippen molar-refractivity contribution in [2.45, 2.75) is 44.6 Å². The summed E-state index contributed by atoms with van der Waals surface area (Å²) >= 11 is 0. The topological polar surface area (TPSA) is 53.1 Å². The van der Waals surface area contributed by atoms with E-state index in [1.54, 1.807) is 0 Å². The van der Waals surface area contributed by atoms with E-state index in [1.165, 1.54) is 38.5 Å². The molecule has 1 heterocycles. The van der Waals surface area contributed by atoms with Gasteiger partial charge in [-0.15, -0.1) is 0 Å². The number of guanidine groups is 1. The number of nitrogens with zero attached hydrogens (tertiary/aromatic N) is 1. The van der Waals surface area contributed by atoms with Gasteiger partial charge in [0.1, 0.15) is 0 Å². The highest BCUT2D eigenvalue weighted by molar-refractivity contribution is 5.75. The zero-order valence-electron chi connectivity index (χ0n) is 8.13. The number of nitrogens with one attached hydrogen (secondary N) is 1. The minimum Gasteiger partial charge on any atom is -0.370 e. The van der Waals surface area contributed by atoms with Crippen LogP contribution in [0.4, 0.5) is 0 Å². The lowest BCUT2D eigenvalue weighted by molar-refractivity contribution is 0.117. The molecule has 0 aromatic carbocycles. The molecule has 2 aliphatic rings. The minimum absolute atomic E-state index is 0.289. The lowest BCUT2D eigenvalue weighted by Crippen LogP contribution is -2.51. The SMILES string of the molecule is N=C(N)N1CCCC2CCCCC21. The van der Waals surface area contributed by atoms with E-state index < -0.39 is 0 Å². The summed E-state index contributed by atoms with van der Waals surface area (Å²) in [5.74, 6) is 1.11. The molecule has 1 aliphatic heterocycles. The molecule has 1 aliphatic carbocycles. The molecule has 1 saturated heterocycles. The molecule has 0 aromatic heterocycles. The van der Waals surface area contributed by atoms with E-state index in [4.69, 9.17) is 11.1 Å². The molecule has 13 heavy (non-hydrogen) atoms. The van der Waals surface area contributed by atoms with Crippen LogP contribution in [0.15, 0.2) is 0 Å². The molecular weight excluding hydrogens is 162 g/mol. The third-order valence-corrected chi connectivity index (χ3v) is 3.55. The van der Waals surface area contributed by atoms with Gasteiger partial charge in [-0.2, -0.15) is 0 Å². The van der Waals surface area contributed by atoms with Gasteiger partial charge < -0.3 is 10.6 Å². The lowest BCUT2D eigenvalue weighted by atomic mass is 9.78. The summed E-state index contributed by atoms with van der Waals surface area (Å²) in [5.41, 5.74) is 5.58. The Morgan fingerprint density at radius 3 is 2.62 bits per heavy atom. The highest BCUT2D eigenvalue weighted by atomic mass is 15.3. The Labute approximate surface area is 79.8 Å². The fourth-order valence-electron chi connectivity index (χ4n) is 2.92. The Kier molecular flexibility index (Phi) is 2.42. The van der Waals surface area contributed by atoms with Gasteiger partial charge in [0.05, 0.1) is 0 Å². The first-order valence-corrected chi connectivity index (χ1v) is 5.39. The maximum atomic E-state index is 7.52. The van der Waals surface area contributed by atoms with E-state index in [2.05, 4.69) is 4.90 Å². The zero-order valence-corrected chi connectivity index (χ0v) is 8.13. The number of fused-ring (bicyclic) bond motifs is 1. The fraction of sp³-hybridized carbons (Fsp3) is 0.900. The second kappa shape index (κ2) is 3.56. The minimum atomic E-state index is 0.289. The molecule has 0 aromatic rings. The molecule has 3 N–H and O–H groups in total. The molecule has 2 atom stereocenters. The van der Waals surface area contributed by atoms with Crippen molar-refractivity contribution >= 4 is 5.96 Å². The molecule has 3 nitrogen and oxygen atoms in total. The van der Waals surface area contributed by atoms with Crippen molar-refractivity contribution in [1.29, 1.82) is 5.41 Å². The number of hydrogen-bond donors (Lipinski definition) is 2. The van der Waals surface area contributed by atoms with Crippen molar-refractivity contribution in [3.63, 3.8) is 0 Å². The Balaban J connectivity index is 2.06. The summed E-state index contributed by atoms with van der Waals surface area (Å²) in [6.45, 7) is 1.01. The first kappa shape index (κ1) is 8.85. The van der Waals surface area contributed by atoms with Gasteiger partial charge >= 0.3 is 0 Å². The maximum absolute atomic E-state index is 7.52. The van der Waals surface area contributed by atoms with Crippen LogP contribution in [0.5, 0.6) is 0 Å². The van der Waals surface area contributed by atoms with Gasteiger partial charge in [-0.3, -0.25) is 5.41 Å². The third-order valence-electron chi connectivity index (χ3n) is 3.55. The normalized spacial score (nSPS) is 34.0. The molecule has 0 amide bonds. The number of piperidine rings is 1. The molecule has 2 rings (SSSR count). The van der Waals surface area contributed by atoms with Crippen molar-refractivity contribution < 1.29 is 0 Å². The third kappa shape index (κ3) is 1.64. The van der Waals surface area contributed by atoms with Crippen LogP contribution in [0.1, 0.15) is 38.5 Å².